The zero-order chi connectivity index (χ0) is 19.4. The number of aryl methyl sites for hydroxylation is 3. The molecule has 0 spiro atoms. The molecule has 26 heavy (non-hydrogen) atoms. The molecule has 0 saturated carbocycles. The molecule has 7 heteroatoms. The van der Waals surface area contributed by atoms with Gasteiger partial charge in [-0.3, -0.25) is 9.48 Å². The molecule has 1 N–H and O–H groups in total. The number of anilines is 1. The van der Waals surface area contributed by atoms with Gasteiger partial charge < -0.3 is 10.1 Å². The number of halogens is 1. The second-order valence-corrected chi connectivity index (χ2v) is 6.95. The summed E-state index contributed by atoms with van der Waals surface area (Å²) in [6, 6.07) is 5.80. The largest absolute Gasteiger partial charge is 0.449 e. The lowest BCUT2D eigenvalue weighted by molar-refractivity contribution is -0.148. The molecule has 2 aromatic rings. The minimum Gasteiger partial charge on any atom is -0.449 e. The van der Waals surface area contributed by atoms with Crippen molar-refractivity contribution in [2.24, 2.45) is 7.05 Å². The van der Waals surface area contributed by atoms with Crippen molar-refractivity contribution < 1.29 is 14.3 Å². The Bertz CT molecular complexity index is 871. The Kier molecular flexibility index (Phi) is 6.37. The Hall–Kier alpha value is -2.41. The molecule has 0 bridgehead atoms. The molecule has 2 rings (SSSR count). The van der Waals surface area contributed by atoms with Gasteiger partial charge in [-0.15, -0.1) is 0 Å². The smallest absolute Gasteiger partial charge is 0.331 e. The van der Waals surface area contributed by atoms with Gasteiger partial charge >= 0.3 is 5.97 Å². The van der Waals surface area contributed by atoms with Crippen LogP contribution in [-0.2, 0) is 21.4 Å². The third kappa shape index (κ3) is 4.82. The average Bonchev–Trinajstić information content (AvgIpc) is 2.80. The third-order valence-corrected chi connectivity index (χ3v) is 4.66. The van der Waals surface area contributed by atoms with E-state index in [2.05, 4.69) is 26.3 Å². The molecular weight excluding hydrogens is 398 g/mol. The van der Waals surface area contributed by atoms with Gasteiger partial charge in [0.15, 0.2) is 6.10 Å². The molecule has 0 fully saturated rings. The first-order chi connectivity index (χ1) is 12.2. The third-order valence-electron chi connectivity index (χ3n) is 3.97. The van der Waals surface area contributed by atoms with Crippen LogP contribution in [0.15, 0.2) is 28.7 Å². The molecular formula is C19H22BrN3O3. The molecule has 0 aliphatic heterocycles. The molecule has 0 aliphatic carbocycles. The first-order valence-electron chi connectivity index (χ1n) is 8.15. The summed E-state index contributed by atoms with van der Waals surface area (Å²) in [7, 11) is 1.80. The van der Waals surface area contributed by atoms with Gasteiger partial charge in [0.1, 0.15) is 0 Å². The molecule has 6 nitrogen and oxygen atoms in total. The number of esters is 1. The highest BCUT2D eigenvalue weighted by atomic mass is 79.9. The average molecular weight is 420 g/mol. The Morgan fingerprint density at radius 1 is 1.31 bits per heavy atom. The molecule has 0 aliphatic rings. The van der Waals surface area contributed by atoms with Crippen molar-refractivity contribution in [1.29, 1.82) is 0 Å². The number of carbonyl (C=O) groups is 2. The van der Waals surface area contributed by atoms with E-state index in [0.29, 0.717) is 11.4 Å². The van der Waals surface area contributed by atoms with Crippen LogP contribution in [0.3, 0.4) is 0 Å². The van der Waals surface area contributed by atoms with Crippen LogP contribution in [-0.4, -0.2) is 27.8 Å². The molecule has 1 aromatic carbocycles. The lowest BCUT2D eigenvalue weighted by Crippen LogP contribution is -2.29. The maximum Gasteiger partial charge on any atom is 0.331 e. The number of benzene rings is 1. The summed E-state index contributed by atoms with van der Waals surface area (Å²) in [5, 5.41) is 7.00. The number of hydrogen-bond acceptors (Lipinski definition) is 4. The van der Waals surface area contributed by atoms with Gasteiger partial charge in [0, 0.05) is 17.6 Å². The lowest BCUT2D eigenvalue weighted by Gasteiger charge is -2.12. The Morgan fingerprint density at radius 2 is 2.00 bits per heavy atom. The van der Waals surface area contributed by atoms with Crippen molar-refractivity contribution in [2.75, 3.05) is 5.32 Å². The quantitative estimate of drug-likeness (QED) is 0.592. The van der Waals surface area contributed by atoms with E-state index in [4.69, 9.17) is 4.74 Å². The highest BCUT2D eigenvalue weighted by molar-refractivity contribution is 9.10. The van der Waals surface area contributed by atoms with E-state index in [9.17, 15) is 9.59 Å². The summed E-state index contributed by atoms with van der Waals surface area (Å²) in [5.41, 5.74) is 4.15. The predicted molar refractivity (Wildman–Crippen MR) is 105 cm³/mol. The van der Waals surface area contributed by atoms with Crippen LogP contribution >= 0.6 is 15.9 Å². The van der Waals surface area contributed by atoms with Gasteiger partial charge in [-0.2, -0.15) is 5.10 Å². The van der Waals surface area contributed by atoms with Crippen molar-refractivity contribution >= 4 is 39.6 Å². The van der Waals surface area contributed by atoms with Crippen molar-refractivity contribution in [1.82, 2.24) is 9.78 Å². The number of carbonyl (C=O) groups excluding carboxylic acids is 2. The van der Waals surface area contributed by atoms with Gasteiger partial charge in [0.25, 0.3) is 5.91 Å². The van der Waals surface area contributed by atoms with Crippen molar-refractivity contribution in [2.45, 2.75) is 33.8 Å². The fourth-order valence-corrected chi connectivity index (χ4v) is 3.00. The number of hydrogen-bond donors (Lipinski definition) is 1. The molecule has 1 aromatic heterocycles. The van der Waals surface area contributed by atoms with Gasteiger partial charge in [-0.25, -0.2) is 4.79 Å². The van der Waals surface area contributed by atoms with Crippen molar-refractivity contribution in [3.05, 3.63) is 51.3 Å². The zero-order valence-electron chi connectivity index (χ0n) is 15.5. The summed E-state index contributed by atoms with van der Waals surface area (Å²) in [4.78, 5) is 24.2. The van der Waals surface area contributed by atoms with Crippen LogP contribution in [0, 0.1) is 20.8 Å². The summed E-state index contributed by atoms with van der Waals surface area (Å²) in [6.07, 6.45) is 2.03. The standard InChI is InChI=1S/C19H22BrN3O3/c1-11-6-7-15(16(20)10-11)8-9-17(24)26-14(4)19(25)21-18-12(2)22-23(5)13(18)3/h6-10,14H,1-5H3,(H,21,25)/b9-8+/t14-/m1/s1. The number of ether oxygens (including phenoxy) is 1. The minimum atomic E-state index is -0.924. The maximum atomic E-state index is 12.3. The van der Waals surface area contributed by atoms with Crippen LogP contribution in [0.2, 0.25) is 0 Å². The fourth-order valence-electron chi connectivity index (χ4n) is 2.37. The lowest BCUT2D eigenvalue weighted by atomic mass is 10.1. The first kappa shape index (κ1) is 19.9. The van der Waals surface area contributed by atoms with Gasteiger partial charge in [-0.1, -0.05) is 28.1 Å². The van der Waals surface area contributed by atoms with E-state index in [1.165, 1.54) is 13.0 Å². The second kappa shape index (κ2) is 8.31. The molecule has 1 amide bonds. The number of aromatic nitrogens is 2. The fraction of sp³-hybridized carbons (Fsp3) is 0.316. The highest BCUT2D eigenvalue weighted by Crippen LogP contribution is 2.20. The van der Waals surface area contributed by atoms with E-state index < -0.39 is 18.0 Å². The van der Waals surface area contributed by atoms with Crippen LogP contribution in [0.25, 0.3) is 6.08 Å². The summed E-state index contributed by atoms with van der Waals surface area (Å²) in [6.45, 7) is 7.18. The second-order valence-electron chi connectivity index (χ2n) is 6.10. The molecule has 0 saturated heterocycles. The van der Waals surface area contributed by atoms with Crippen LogP contribution in [0.1, 0.15) is 29.4 Å². The minimum absolute atomic E-state index is 0.400. The summed E-state index contributed by atoms with van der Waals surface area (Å²) in [5.74, 6) is -0.984. The Morgan fingerprint density at radius 3 is 2.58 bits per heavy atom. The molecule has 0 radical (unpaired) electrons. The summed E-state index contributed by atoms with van der Waals surface area (Å²) < 4.78 is 7.74. The van der Waals surface area contributed by atoms with Crippen LogP contribution in [0.5, 0.6) is 0 Å². The monoisotopic (exact) mass is 419 g/mol. The molecule has 1 atom stereocenters. The Balaban J connectivity index is 1.97. The topological polar surface area (TPSA) is 73.2 Å². The number of rotatable bonds is 5. The zero-order valence-corrected chi connectivity index (χ0v) is 17.0. The van der Waals surface area contributed by atoms with E-state index >= 15 is 0 Å². The normalized spacial score (nSPS) is 12.2. The molecule has 138 valence electrons. The number of amides is 1. The summed E-state index contributed by atoms with van der Waals surface area (Å²) >= 11 is 3.45. The number of nitrogens with one attached hydrogen (secondary N) is 1. The predicted octanol–water partition coefficient (Wildman–Crippen LogP) is 3.69. The molecule has 1 heterocycles. The van der Waals surface area contributed by atoms with Gasteiger partial charge in [-0.05, 0) is 51.0 Å². The van der Waals surface area contributed by atoms with E-state index in [1.54, 1.807) is 17.8 Å². The van der Waals surface area contributed by atoms with E-state index in [1.807, 2.05) is 39.0 Å². The first-order valence-corrected chi connectivity index (χ1v) is 8.94. The SMILES string of the molecule is Cc1ccc(/C=C/C(=O)O[C@H](C)C(=O)Nc2c(C)nn(C)c2C)c(Br)c1. The highest BCUT2D eigenvalue weighted by Gasteiger charge is 2.20. The van der Waals surface area contributed by atoms with Gasteiger partial charge in [0.2, 0.25) is 0 Å². The van der Waals surface area contributed by atoms with Gasteiger partial charge in [0.05, 0.1) is 17.1 Å². The van der Waals surface area contributed by atoms with Crippen molar-refractivity contribution in [3.8, 4) is 0 Å². The molecule has 0 unspecified atom stereocenters. The number of nitrogens with zero attached hydrogens (tertiary/aromatic N) is 2. The van der Waals surface area contributed by atoms with E-state index in [0.717, 1.165) is 21.3 Å². The van der Waals surface area contributed by atoms with Crippen LogP contribution < -0.4 is 5.32 Å². The maximum absolute atomic E-state index is 12.3. The van der Waals surface area contributed by atoms with E-state index in [-0.39, 0.29) is 0 Å². The van der Waals surface area contributed by atoms with Crippen molar-refractivity contribution in [3.63, 3.8) is 0 Å². The Labute approximate surface area is 161 Å². The van der Waals surface area contributed by atoms with Crippen LogP contribution in [0.4, 0.5) is 5.69 Å².